The smallest absolute Gasteiger partial charge is 0.265 e. The standard InChI is InChI=1S/C14H18N2O3/c1-9(2)7-16-12-6-11(15-10(3)17)4-5-13(12)19-8-14(16)18/h4-6,9H,7-8H2,1-3H3,(H,15,17). The molecular formula is C14H18N2O3. The molecule has 102 valence electrons. The summed E-state index contributed by atoms with van der Waals surface area (Å²) in [6.07, 6.45) is 0. The molecule has 0 radical (unpaired) electrons. The van der Waals surface area contributed by atoms with Crippen molar-refractivity contribution in [3.8, 4) is 5.75 Å². The number of anilines is 2. The second kappa shape index (κ2) is 5.30. The van der Waals surface area contributed by atoms with Crippen molar-refractivity contribution in [2.45, 2.75) is 20.8 Å². The first-order valence-electron chi connectivity index (χ1n) is 6.32. The Hall–Kier alpha value is -2.04. The number of ether oxygens (including phenoxy) is 1. The van der Waals surface area contributed by atoms with Gasteiger partial charge >= 0.3 is 0 Å². The van der Waals surface area contributed by atoms with Gasteiger partial charge in [0.1, 0.15) is 5.75 Å². The van der Waals surface area contributed by atoms with Crippen LogP contribution in [0.5, 0.6) is 5.75 Å². The van der Waals surface area contributed by atoms with Gasteiger partial charge in [0.05, 0.1) is 5.69 Å². The second-order valence-corrected chi connectivity index (χ2v) is 5.05. The van der Waals surface area contributed by atoms with Crippen LogP contribution in [0.2, 0.25) is 0 Å². The van der Waals surface area contributed by atoms with E-state index >= 15 is 0 Å². The summed E-state index contributed by atoms with van der Waals surface area (Å²) in [6.45, 7) is 6.27. The Kier molecular flexibility index (Phi) is 3.74. The Morgan fingerprint density at radius 1 is 1.47 bits per heavy atom. The van der Waals surface area contributed by atoms with Gasteiger partial charge in [-0.25, -0.2) is 0 Å². The number of nitrogens with one attached hydrogen (secondary N) is 1. The molecule has 5 heteroatoms. The van der Waals surface area contributed by atoms with E-state index in [0.29, 0.717) is 23.9 Å². The van der Waals surface area contributed by atoms with E-state index in [-0.39, 0.29) is 18.4 Å². The zero-order chi connectivity index (χ0) is 14.0. The quantitative estimate of drug-likeness (QED) is 0.906. The highest BCUT2D eigenvalue weighted by Gasteiger charge is 2.26. The highest BCUT2D eigenvalue weighted by molar-refractivity contribution is 5.99. The maximum absolute atomic E-state index is 11.9. The lowest BCUT2D eigenvalue weighted by Crippen LogP contribution is -2.41. The van der Waals surface area contributed by atoms with Crippen LogP contribution in [0.3, 0.4) is 0 Å². The minimum Gasteiger partial charge on any atom is -0.482 e. The van der Waals surface area contributed by atoms with Crippen molar-refractivity contribution < 1.29 is 14.3 Å². The number of carbonyl (C=O) groups is 2. The minimum absolute atomic E-state index is 0.0545. The van der Waals surface area contributed by atoms with Gasteiger partial charge in [-0.2, -0.15) is 0 Å². The third-order valence-electron chi connectivity index (χ3n) is 2.77. The molecule has 0 spiro atoms. The average Bonchev–Trinajstić information content (AvgIpc) is 2.32. The van der Waals surface area contributed by atoms with Crippen molar-refractivity contribution in [2.24, 2.45) is 5.92 Å². The molecule has 0 bridgehead atoms. The second-order valence-electron chi connectivity index (χ2n) is 5.05. The van der Waals surface area contributed by atoms with Gasteiger partial charge in [0.2, 0.25) is 5.91 Å². The molecular weight excluding hydrogens is 244 g/mol. The van der Waals surface area contributed by atoms with E-state index in [1.807, 2.05) is 0 Å². The molecule has 1 aliphatic rings. The van der Waals surface area contributed by atoms with Gasteiger partial charge in [-0.1, -0.05) is 13.8 Å². The topological polar surface area (TPSA) is 58.6 Å². The number of benzene rings is 1. The molecule has 1 aromatic carbocycles. The number of rotatable bonds is 3. The van der Waals surface area contributed by atoms with Gasteiger partial charge in [-0.15, -0.1) is 0 Å². The molecule has 1 heterocycles. The largest absolute Gasteiger partial charge is 0.482 e. The molecule has 1 N–H and O–H groups in total. The predicted molar refractivity (Wildman–Crippen MR) is 73.4 cm³/mol. The van der Waals surface area contributed by atoms with Crippen molar-refractivity contribution in [3.05, 3.63) is 18.2 Å². The van der Waals surface area contributed by atoms with E-state index in [4.69, 9.17) is 4.74 Å². The van der Waals surface area contributed by atoms with Crippen LogP contribution in [-0.4, -0.2) is 25.0 Å². The number of hydrogen-bond donors (Lipinski definition) is 1. The zero-order valence-corrected chi connectivity index (χ0v) is 11.4. The number of fused-ring (bicyclic) bond motifs is 1. The first-order valence-corrected chi connectivity index (χ1v) is 6.32. The number of carbonyl (C=O) groups excluding carboxylic acids is 2. The number of hydrogen-bond acceptors (Lipinski definition) is 3. The van der Waals surface area contributed by atoms with Crippen LogP contribution < -0.4 is 15.0 Å². The third-order valence-corrected chi connectivity index (χ3v) is 2.77. The van der Waals surface area contributed by atoms with Crippen LogP contribution in [0.15, 0.2) is 18.2 Å². The van der Waals surface area contributed by atoms with E-state index in [1.165, 1.54) is 6.92 Å². The SMILES string of the molecule is CC(=O)Nc1ccc2c(c1)N(CC(C)C)C(=O)CO2. The first kappa shape index (κ1) is 13.4. The molecule has 0 saturated carbocycles. The van der Waals surface area contributed by atoms with Crippen molar-refractivity contribution in [1.29, 1.82) is 0 Å². The summed E-state index contributed by atoms with van der Waals surface area (Å²) >= 11 is 0. The van der Waals surface area contributed by atoms with Gasteiger partial charge in [-0.05, 0) is 24.1 Å². The van der Waals surface area contributed by atoms with Crippen molar-refractivity contribution in [2.75, 3.05) is 23.4 Å². The molecule has 0 atom stereocenters. The Morgan fingerprint density at radius 2 is 2.21 bits per heavy atom. The highest BCUT2D eigenvalue weighted by atomic mass is 16.5. The fourth-order valence-corrected chi connectivity index (χ4v) is 2.05. The van der Waals surface area contributed by atoms with Crippen LogP contribution in [0, 0.1) is 5.92 Å². The van der Waals surface area contributed by atoms with E-state index in [2.05, 4.69) is 19.2 Å². The molecule has 5 nitrogen and oxygen atoms in total. The van der Waals surface area contributed by atoms with E-state index in [9.17, 15) is 9.59 Å². The summed E-state index contributed by atoms with van der Waals surface area (Å²) in [6, 6.07) is 5.32. The molecule has 19 heavy (non-hydrogen) atoms. The molecule has 2 rings (SSSR count). The normalized spacial score (nSPS) is 14.1. The lowest BCUT2D eigenvalue weighted by atomic mass is 10.1. The van der Waals surface area contributed by atoms with E-state index in [0.717, 1.165) is 5.69 Å². The predicted octanol–water partition coefficient (Wildman–Crippen LogP) is 2.03. The Morgan fingerprint density at radius 3 is 2.84 bits per heavy atom. The summed E-state index contributed by atoms with van der Waals surface area (Å²) in [5.41, 5.74) is 1.38. The fraction of sp³-hybridized carbons (Fsp3) is 0.429. The molecule has 0 unspecified atom stereocenters. The van der Waals surface area contributed by atoms with Gasteiger partial charge < -0.3 is 15.0 Å². The van der Waals surface area contributed by atoms with Crippen molar-refractivity contribution in [1.82, 2.24) is 0 Å². The lowest BCUT2D eigenvalue weighted by molar-refractivity contribution is -0.121. The fourth-order valence-electron chi connectivity index (χ4n) is 2.05. The van der Waals surface area contributed by atoms with Crippen LogP contribution >= 0.6 is 0 Å². The number of nitrogens with zero attached hydrogens (tertiary/aromatic N) is 1. The summed E-state index contributed by atoms with van der Waals surface area (Å²) in [4.78, 5) is 24.7. The number of amides is 2. The van der Waals surface area contributed by atoms with Crippen LogP contribution in [0.4, 0.5) is 11.4 Å². The highest BCUT2D eigenvalue weighted by Crippen LogP contribution is 2.34. The van der Waals surface area contributed by atoms with Crippen LogP contribution in [-0.2, 0) is 9.59 Å². The van der Waals surface area contributed by atoms with Crippen LogP contribution in [0.1, 0.15) is 20.8 Å². The molecule has 1 aromatic rings. The van der Waals surface area contributed by atoms with Crippen LogP contribution in [0.25, 0.3) is 0 Å². The van der Waals surface area contributed by atoms with Crippen molar-refractivity contribution >= 4 is 23.2 Å². The lowest BCUT2D eigenvalue weighted by Gasteiger charge is -2.31. The van der Waals surface area contributed by atoms with Gasteiger partial charge in [0.25, 0.3) is 5.91 Å². The Bertz CT molecular complexity index is 511. The van der Waals surface area contributed by atoms with Gasteiger partial charge in [0, 0.05) is 19.2 Å². The van der Waals surface area contributed by atoms with Gasteiger partial charge in [-0.3, -0.25) is 9.59 Å². The summed E-state index contributed by atoms with van der Waals surface area (Å²) < 4.78 is 5.40. The molecule has 2 amide bonds. The first-order chi connectivity index (χ1) is 8.97. The molecule has 1 aliphatic heterocycles. The minimum atomic E-state index is -0.140. The maximum Gasteiger partial charge on any atom is 0.265 e. The maximum atomic E-state index is 11.9. The molecule has 0 fully saturated rings. The Balaban J connectivity index is 2.35. The monoisotopic (exact) mass is 262 g/mol. The average molecular weight is 262 g/mol. The summed E-state index contributed by atoms with van der Waals surface area (Å²) in [7, 11) is 0. The zero-order valence-electron chi connectivity index (χ0n) is 11.4. The molecule has 0 aliphatic carbocycles. The summed E-state index contributed by atoms with van der Waals surface area (Å²) in [5, 5.41) is 2.71. The summed E-state index contributed by atoms with van der Waals surface area (Å²) in [5.74, 6) is 0.841. The molecule has 0 aromatic heterocycles. The third kappa shape index (κ3) is 3.05. The van der Waals surface area contributed by atoms with Gasteiger partial charge in [0.15, 0.2) is 6.61 Å². The van der Waals surface area contributed by atoms with Crippen molar-refractivity contribution in [3.63, 3.8) is 0 Å². The molecule has 0 saturated heterocycles. The Labute approximate surface area is 112 Å². The van der Waals surface area contributed by atoms with E-state index < -0.39 is 0 Å². The van der Waals surface area contributed by atoms with E-state index in [1.54, 1.807) is 23.1 Å².